The summed E-state index contributed by atoms with van der Waals surface area (Å²) in [5.74, 6) is 1.79. The van der Waals surface area contributed by atoms with Crippen LogP contribution in [0.4, 0.5) is 11.8 Å². The number of pyridine rings is 1. The number of hydrogen-bond acceptors (Lipinski definition) is 6. The average Bonchev–Trinajstić information content (AvgIpc) is 2.89. The van der Waals surface area contributed by atoms with Crippen molar-refractivity contribution in [3.05, 3.63) is 41.9 Å². The van der Waals surface area contributed by atoms with Gasteiger partial charge < -0.3 is 14.9 Å². The van der Waals surface area contributed by atoms with Crippen molar-refractivity contribution in [2.24, 2.45) is 5.92 Å². The first kappa shape index (κ1) is 15.7. The maximum atomic E-state index is 10.4. The van der Waals surface area contributed by atoms with Crippen molar-refractivity contribution < 1.29 is 5.11 Å². The van der Waals surface area contributed by atoms with Gasteiger partial charge in [-0.2, -0.15) is 4.98 Å². The lowest BCUT2D eigenvalue weighted by molar-refractivity contribution is 0.148. The van der Waals surface area contributed by atoms with E-state index < -0.39 is 0 Å². The maximum absolute atomic E-state index is 10.4. The molecule has 0 aromatic carbocycles. The summed E-state index contributed by atoms with van der Waals surface area (Å²) in [6.07, 6.45) is 5.91. The van der Waals surface area contributed by atoms with E-state index in [0.717, 1.165) is 24.3 Å². The predicted octanol–water partition coefficient (Wildman–Crippen LogP) is 1.29. The van der Waals surface area contributed by atoms with Gasteiger partial charge in [-0.25, -0.2) is 4.98 Å². The Kier molecular flexibility index (Phi) is 4.43. The highest BCUT2D eigenvalue weighted by Gasteiger charge is 2.33. The lowest BCUT2D eigenvalue weighted by atomic mass is 9.97. The van der Waals surface area contributed by atoms with Crippen LogP contribution in [0.25, 0.3) is 0 Å². The van der Waals surface area contributed by atoms with Crippen molar-refractivity contribution in [3.8, 4) is 0 Å². The monoisotopic (exact) mass is 313 g/mol. The van der Waals surface area contributed by atoms with E-state index >= 15 is 0 Å². The minimum absolute atomic E-state index is 0.185. The van der Waals surface area contributed by atoms with E-state index in [1.54, 1.807) is 12.4 Å². The number of aromatic nitrogens is 3. The van der Waals surface area contributed by atoms with Crippen molar-refractivity contribution in [3.63, 3.8) is 0 Å². The van der Waals surface area contributed by atoms with Gasteiger partial charge in [0.2, 0.25) is 5.95 Å². The molecule has 1 fully saturated rings. The third-order valence-electron chi connectivity index (χ3n) is 4.29. The first-order valence-electron chi connectivity index (χ1n) is 7.87. The van der Waals surface area contributed by atoms with Gasteiger partial charge in [0.05, 0.1) is 6.10 Å². The molecule has 3 heterocycles. The number of aliphatic hydroxyl groups is 1. The Hall–Kier alpha value is -2.21. The van der Waals surface area contributed by atoms with Crippen LogP contribution in [0, 0.1) is 12.8 Å². The van der Waals surface area contributed by atoms with Crippen LogP contribution in [-0.2, 0) is 6.42 Å². The van der Waals surface area contributed by atoms with E-state index in [2.05, 4.69) is 19.9 Å². The standard InChI is InChI=1S/C17H23N5O/c1-12-9-19-17(20-16(12)21(2)3)22-10-14(15(23)11-22)8-13-4-6-18-7-5-13/h4-7,9,14-15,23H,8,10-11H2,1-3H3/t14-,15-/m1/s1. The fourth-order valence-electron chi connectivity index (χ4n) is 3.07. The molecule has 0 aliphatic carbocycles. The molecule has 6 heteroatoms. The first-order chi connectivity index (χ1) is 11.0. The Bertz CT molecular complexity index is 661. The minimum Gasteiger partial charge on any atom is -0.391 e. The van der Waals surface area contributed by atoms with Crippen LogP contribution in [-0.4, -0.2) is 53.3 Å². The molecular formula is C17H23N5O. The quantitative estimate of drug-likeness (QED) is 0.917. The summed E-state index contributed by atoms with van der Waals surface area (Å²) >= 11 is 0. The molecule has 1 aliphatic heterocycles. The smallest absolute Gasteiger partial charge is 0.227 e. The summed E-state index contributed by atoms with van der Waals surface area (Å²) in [5.41, 5.74) is 2.25. The van der Waals surface area contributed by atoms with Gasteiger partial charge in [0.25, 0.3) is 0 Å². The first-order valence-corrected chi connectivity index (χ1v) is 7.87. The van der Waals surface area contributed by atoms with Gasteiger partial charge in [0.1, 0.15) is 5.82 Å². The highest BCUT2D eigenvalue weighted by molar-refractivity contribution is 5.49. The zero-order valence-corrected chi connectivity index (χ0v) is 13.8. The summed E-state index contributed by atoms with van der Waals surface area (Å²) < 4.78 is 0. The van der Waals surface area contributed by atoms with E-state index in [0.29, 0.717) is 12.5 Å². The molecule has 2 aromatic rings. The van der Waals surface area contributed by atoms with Crippen LogP contribution in [0.1, 0.15) is 11.1 Å². The molecule has 1 saturated heterocycles. The Balaban J connectivity index is 1.74. The molecule has 0 amide bonds. The average molecular weight is 313 g/mol. The van der Waals surface area contributed by atoms with Gasteiger partial charge in [0, 0.05) is 57.3 Å². The number of anilines is 2. The van der Waals surface area contributed by atoms with Crippen molar-refractivity contribution in [1.29, 1.82) is 0 Å². The van der Waals surface area contributed by atoms with Crippen LogP contribution in [0.5, 0.6) is 0 Å². The number of aryl methyl sites for hydroxylation is 1. The lowest BCUT2D eigenvalue weighted by Gasteiger charge is -2.20. The molecule has 0 unspecified atom stereocenters. The summed E-state index contributed by atoms with van der Waals surface area (Å²) in [6, 6.07) is 4.00. The van der Waals surface area contributed by atoms with E-state index in [9.17, 15) is 5.11 Å². The van der Waals surface area contributed by atoms with E-state index in [4.69, 9.17) is 0 Å². The molecule has 122 valence electrons. The van der Waals surface area contributed by atoms with Crippen molar-refractivity contribution >= 4 is 11.8 Å². The van der Waals surface area contributed by atoms with E-state index in [-0.39, 0.29) is 12.0 Å². The fraction of sp³-hybridized carbons (Fsp3) is 0.471. The second kappa shape index (κ2) is 6.50. The molecule has 0 spiro atoms. The van der Waals surface area contributed by atoms with Crippen LogP contribution in [0.15, 0.2) is 30.7 Å². The molecular weight excluding hydrogens is 290 g/mol. The summed E-state index contributed by atoms with van der Waals surface area (Å²) in [7, 11) is 3.95. The second-order valence-electron chi connectivity index (χ2n) is 6.36. The number of β-amino-alcohol motifs (C(OH)–C–C–N with tert-alkyl or cyclic N) is 1. The van der Waals surface area contributed by atoms with Gasteiger partial charge in [-0.3, -0.25) is 4.98 Å². The zero-order chi connectivity index (χ0) is 16.4. The fourth-order valence-corrected chi connectivity index (χ4v) is 3.07. The SMILES string of the molecule is Cc1cnc(N2C[C@@H](Cc3ccncc3)[C@H](O)C2)nc1N(C)C. The molecule has 2 atom stereocenters. The maximum Gasteiger partial charge on any atom is 0.227 e. The van der Waals surface area contributed by atoms with Gasteiger partial charge in [-0.05, 0) is 31.0 Å². The molecule has 0 bridgehead atoms. The van der Waals surface area contributed by atoms with Crippen molar-refractivity contribution in [2.75, 3.05) is 37.0 Å². The molecule has 23 heavy (non-hydrogen) atoms. The summed E-state index contributed by atoms with van der Waals surface area (Å²) in [5, 5.41) is 10.4. The third-order valence-corrected chi connectivity index (χ3v) is 4.29. The Morgan fingerprint density at radius 2 is 2.00 bits per heavy atom. The molecule has 2 aromatic heterocycles. The lowest BCUT2D eigenvalue weighted by Crippen LogP contribution is -2.24. The van der Waals surface area contributed by atoms with Gasteiger partial charge in [0.15, 0.2) is 0 Å². The molecule has 0 radical (unpaired) electrons. The molecule has 0 saturated carbocycles. The topological polar surface area (TPSA) is 65.4 Å². The Morgan fingerprint density at radius 3 is 2.70 bits per heavy atom. The molecule has 1 N–H and O–H groups in total. The van der Waals surface area contributed by atoms with Gasteiger partial charge >= 0.3 is 0 Å². The van der Waals surface area contributed by atoms with E-state index in [1.165, 1.54) is 5.56 Å². The summed E-state index contributed by atoms with van der Waals surface area (Å²) in [6.45, 7) is 3.34. The van der Waals surface area contributed by atoms with Crippen LogP contribution in [0.2, 0.25) is 0 Å². The van der Waals surface area contributed by atoms with E-state index in [1.807, 2.05) is 44.2 Å². The predicted molar refractivity (Wildman–Crippen MR) is 90.7 cm³/mol. The Labute approximate surface area is 136 Å². The Morgan fingerprint density at radius 1 is 1.26 bits per heavy atom. The number of nitrogens with zero attached hydrogens (tertiary/aromatic N) is 5. The van der Waals surface area contributed by atoms with Crippen LogP contribution < -0.4 is 9.80 Å². The van der Waals surface area contributed by atoms with Gasteiger partial charge in [-0.1, -0.05) is 0 Å². The highest BCUT2D eigenvalue weighted by Crippen LogP contribution is 2.26. The second-order valence-corrected chi connectivity index (χ2v) is 6.36. The zero-order valence-electron chi connectivity index (χ0n) is 13.8. The largest absolute Gasteiger partial charge is 0.391 e. The normalized spacial score (nSPS) is 20.8. The third kappa shape index (κ3) is 3.42. The van der Waals surface area contributed by atoms with Crippen molar-refractivity contribution in [1.82, 2.24) is 15.0 Å². The molecule has 6 nitrogen and oxygen atoms in total. The summed E-state index contributed by atoms with van der Waals surface area (Å²) in [4.78, 5) is 17.2. The molecule has 3 rings (SSSR count). The number of rotatable bonds is 4. The number of hydrogen-bond donors (Lipinski definition) is 1. The van der Waals surface area contributed by atoms with Crippen molar-refractivity contribution in [2.45, 2.75) is 19.4 Å². The number of aliphatic hydroxyl groups excluding tert-OH is 1. The molecule has 1 aliphatic rings. The highest BCUT2D eigenvalue weighted by atomic mass is 16.3. The van der Waals surface area contributed by atoms with Crippen LogP contribution >= 0.6 is 0 Å². The minimum atomic E-state index is -0.365. The van der Waals surface area contributed by atoms with Gasteiger partial charge in [-0.15, -0.1) is 0 Å². The van der Waals surface area contributed by atoms with Crippen LogP contribution in [0.3, 0.4) is 0 Å².